The van der Waals surface area contributed by atoms with E-state index in [1.54, 1.807) is 4.90 Å². The quantitative estimate of drug-likeness (QED) is 0.609. The molecule has 156 valence electrons. The summed E-state index contributed by atoms with van der Waals surface area (Å²) in [5.74, 6) is -0.778. The molecule has 3 amide bonds. The Morgan fingerprint density at radius 2 is 2.17 bits per heavy atom. The lowest BCUT2D eigenvalue weighted by atomic mass is 9.91. The first-order valence-corrected chi connectivity index (χ1v) is 10.2. The Morgan fingerprint density at radius 1 is 1.31 bits per heavy atom. The van der Waals surface area contributed by atoms with Crippen LogP contribution in [0.1, 0.15) is 41.3 Å². The minimum absolute atomic E-state index is 0.00276. The van der Waals surface area contributed by atoms with Crippen molar-refractivity contribution in [2.24, 2.45) is 5.41 Å². The molecule has 8 heteroatoms. The number of nitrogens with one attached hydrogen (secondary N) is 3. The van der Waals surface area contributed by atoms with E-state index in [9.17, 15) is 14.4 Å². The zero-order valence-corrected chi connectivity index (χ0v) is 16.8. The van der Waals surface area contributed by atoms with Gasteiger partial charge in [0.25, 0.3) is 5.91 Å². The SMILES string of the molecule is CC1(CNCc2cccc3c2C(=O)N(C2CCC(=O)NC2=O)C3)CNCCOC1. The number of carbonyl (C=O) groups excluding carboxylic acids is 3. The van der Waals surface area contributed by atoms with Crippen molar-refractivity contribution in [3.8, 4) is 0 Å². The molecule has 4 rings (SSSR count). The fourth-order valence-electron chi connectivity index (χ4n) is 4.35. The molecule has 3 N–H and O–H groups in total. The summed E-state index contributed by atoms with van der Waals surface area (Å²) in [4.78, 5) is 38.4. The second-order valence-electron chi connectivity index (χ2n) is 8.49. The molecular weight excluding hydrogens is 372 g/mol. The van der Waals surface area contributed by atoms with Crippen molar-refractivity contribution in [2.75, 3.05) is 32.8 Å². The lowest BCUT2D eigenvalue weighted by Gasteiger charge is -2.29. The molecule has 0 saturated carbocycles. The molecule has 29 heavy (non-hydrogen) atoms. The van der Waals surface area contributed by atoms with Gasteiger partial charge in [-0.3, -0.25) is 19.7 Å². The Bertz CT molecular complexity index is 817. The topological polar surface area (TPSA) is 99.8 Å². The standard InChI is InChI=1S/C21H28N4O4/c1-21(11-22-7-8-29-13-21)12-23-9-14-3-2-4-15-10-25(20(28)18(14)15)16-5-6-17(26)24-19(16)27/h2-4,16,22-23H,5-13H2,1H3,(H,24,26,27). The first kappa shape index (κ1) is 20.0. The highest BCUT2D eigenvalue weighted by Crippen LogP contribution is 2.30. The predicted molar refractivity (Wildman–Crippen MR) is 106 cm³/mol. The Balaban J connectivity index is 1.43. The Kier molecular flexibility index (Phi) is 5.67. The largest absolute Gasteiger partial charge is 0.379 e. The number of fused-ring (bicyclic) bond motifs is 1. The van der Waals surface area contributed by atoms with Gasteiger partial charge in [0.05, 0.1) is 13.2 Å². The van der Waals surface area contributed by atoms with Gasteiger partial charge < -0.3 is 20.3 Å². The molecule has 3 heterocycles. The van der Waals surface area contributed by atoms with Crippen molar-refractivity contribution in [1.82, 2.24) is 20.9 Å². The fourth-order valence-corrected chi connectivity index (χ4v) is 4.35. The summed E-state index contributed by atoms with van der Waals surface area (Å²) >= 11 is 0. The highest BCUT2D eigenvalue weighted by atomic mass is 16.5. The van der Waals surface area contributed by atoms with Crippen LogP contribution in [-0.2, 0) is 27.4 Å². The van der Waals surface area contributed by atoms with Crippen molar-refractivity contribution < 1.29 is 19.1 Å². The summed E-state index contributed by atoms with van der Waals surface area (Å²) in [6.07, 6.45) is 0.642. The first-order chi connectivity index (χ1) is 14.0. The van der Waals surface area contributed by atoms with Gasteiger partial charge in [-0.25, -0.2) is 0 Å². The van der Waals surface area contributed by atoms with E-state index in [1.807, 2.05) is 18.2 Å². The van der Waals surface area contributed by atoms with E-state index in [1.165, 1.54) is 0 Å². The van der Waals surface area contributed by atoms with E-state index in [0.29, 0.717) is 31.7 Å². The molecule has 8 nitrogen and oxygen atoms in total. The maximum atomic E-state index is 13.1. The third kappa shape index (κ3) is 4.19. The highest BCUT2D eigenvalue weighted by molar-refractivity contribution is 6.05. The average molecular weight is 400 g/mol. The predicted octanol–water partition coefficient (Wildman–Crippen LogP) is 0.163. The van der Waals surface area contributed by atoms with Gasteiger partial charge in [0, 0.05) is 50.1 Å². The van der Waals surface area contributed by atoms with Crippen molar-refractivity contribution >= 4 is 17.7 Å². The second kappa shape index (κ2) is 8.22. The number of imide groups is 1. The monoisotopic (exact) mass is 400 g/mol. The lowest BCUT2D eigenvalue weighted by Crippen LogP contribution is -2.52. The minimum Gasteiger partial charge on any atom is -0.379 e. The molecule has 2 atom stereocenters. The molecule has 2 fully saturated rings. The van der Waals surface area contributed by atoms with Crippen molar-refractivity contribution in [1.29, 1.82) is 0 Å². The molecule has 3 aliphatic rings. The van der Waals surface area contributed by atoms with Crippen molar-refractivity contribution in [3.63, 3.8) is 0 Å². The van der Waals surface area contributed by atoms with E-state index in [-0.39, 0.29) is 29.6 Å². The zero-order valence-electron chi connectivity index (χ0n) is 16.8. The summed E-state index contributed by atoms with van der Waals surface area (Å²) in [7, 11) is 0. The Labute approximate surface area is 170 Å². The van der Waals surface area contributed by atoms with Crippen LogP contribution in [0.25, 0.3) is 0 Å². The summed E-state index contributed by atoms with van der Waals surface area (Å²) in [5.41, 5.74) is 2.56. The molecule has 0 radical (unpaired) electrons. The maximum Gasteiger partial charge on any atom is 0.255 e. The normalized spacial score (nSPS) is 27.6. The van der Waals surface area contributed by atoms with Crippen LogP contribution in [0.4, 0.5) is 0 Å². The van der Waals surface area contributed by atoms with Crippen LogP contribution in [0.3, 0.4) is 0 Å². The number of nitrogens with zero attached hydrogens (tertiary/aromatic N) is 1. The third-order valence-corrected chi connectivity index (χ3v) is 5.93. The molecule has 0 aromatic heterocycles. The number of hydrogen-bond acceptors (Lipinski definition) is 6. The highest BCUT2D eigenvalue weighted by Gasteiger charge is 2.40. The van der Waals surface area contributed by atoms with Gasteiger partial charge in [-0.05, 0) is 17.5 Å². The molecular formula is C21H28N4O4. The number of carbonyl (C=O) groups is 3. The van der Waals surface area contributed by atoms with Gasteiger partial charge in [-0.15, -0.1) is 0 Å². The summed E-state index contributed by atoms with van der Waals surface area (Å²) < 4.78 is 5.68. The van der Waals surface area contributed by atoms with E-state index < -0.39 is 6.04 Å². The van der Waals surface area contributed by atoms with E-state index in [2.05, 4.69) is 22.9 Å². The maximum absolute atomic E-state index is 13.1. The van der Waals surface area contributed by atoms with Gasteiger partial charge in [0.15, 0.2) is 0 Å². The number of benzene rings is 1. The van der Waals surface area contributed by atoms with Crippen LogP contribution < -0.4 is 16.0 Å². The number of rotatable bonds is 5. The van der Waals surface area contributed by atoms with E-state index in [0.717, 1.165) is 37.4 Å². The third-order valence-electron chi connectivity index (χ3n) is 5.93. The van der Waals surface area contributed by atoms with Crippen LogP contribution in [0.15, 0.2) is 18.2 Å². The van der Waals surface area contributed by atoms with Gasteiger partial charge in [0.1, 0.15) is 6.04 Å². The van der Waals surface area contributed by atoms with Gasteiger partial charge >= 0.3 is 0 Å². The summed E-state index contributed by atoms with van der Waals surface area (Å²) in [6, 6.07) is 5.27. The molecule has 1 aromatic rings. The number of piperidine rings is 1. The number of hydrogen-bond donors (Lipinski definition) is 3. The van der Waals surface area contributed by atoms with Gasteiger partial charge in [-0.1, -0.05) is 25.1 Å². The molecule has 0 spiro atoms. The number of amides is 3. The van der Waals surface area contributed by atoms with Crippen LogP contribution in [0.5, 0.6) is 0 Å². The second-order valence-corrected chi connectivity index (χ2v) is 8.49. The van der Waals surface area contributed by atoms with Crippen LogP contribution in [0.2, 0.25) is 0 Å². The molecule has 2 saturated heterocycles. The van der Waals surface area contributed by atoms with E-state index in [4.69, 9.17) is 4.74 Å². The van der Waals surface area contributed by atoms with Crippen molar-refractivity contribution in [2.45, 2.75) is 38.9 Å². The minimum atomic E-state index is -0.582. The smallest absolute Gasteiger partial charge is 0.255 e. The Morgan fingerprint density at radius 3 is 3.00 bits per heavy atom. The average Bonchev–Trinajstić information content (AvgIpc) is 2.87. The molecule has 3 aliphatic heterocycles. The number of ether oxygens (including phenoxy) is 1. The fraction of sp³-hybridized carbons (Fsp3) is 0.571. The first-order valence-electron chi connectivity index (χ1n) is 10.2. The zero-order chi connectivity index (χ0) is 20.4. The lowest BCUT2D eigenvalue weighted by molar-refractivity contribution is -0.136. The van der Waals surface area contributed by atoms with Gasteiger partial charge in [-0.2, -0.15) is 0 Å². The summed E-state index contributed by atoms with van der Waals surface area (Å²) in [5, 5.41) is 9.23. The Hall–Kier alpha value is -2.29. The van der Waals surface area contributed by atoms with Crippen LogP contribution in [0, 0.1) is 5.41 Å². The van der Waals surface area contributed by atoms with Crippen LogP contribution >= 0.6 is 0 Å². The molecule has 0 bridgehead atoms. The summed E-state index contributed by atoms with van der Waals surface area (Å²) in [6.45, 7) is 7.12. The van der Waals surface area contributed by atoms with E-state index >= 15 is 0 Å². The van der Waals surface area contributed by atoms with Crippen molar-refractivity contribution in [3.05, 3.63) is 34.9 Å². The van der Waals surface area contributed by atoms with Crippen LogP contribution in [-0.4, -0.2) is 61.5 Å². The molecule has 0 aliphatic carbocycles. The van der Waals surface area contributed by atoms with Gasteiger partial charge in [0.2, 0.25) is 11.8 Å². The molecule has 1 aromatic carbocycles. The molecule has 2 unspecified atom stereocenters.